The van der Waals surface area contributed by atoms with Crippen molar-refractivity contribution in [3.63, 3.8) is 0 Å². The van der Waals surface area contributed by atoms with Gasteiger partial charge in [-0.3, -0.25) is 4.68 Å². The van der Waals surface area contributed by atoms with Gasteiger partial charge in [-0.1, -0.05) is 18.2 Å². The number of aromatic nitrogens is 2. The number of para-hydroxylation sites is 1. The van der Waals surface area contributed by atoms with E-state index in [4.69, 9.17) is 4.74 Å². The van der Waals surface area contributed by atoms with E-state index in [0.717, 1.165) is 38.2 Å². The summed E-state index contributed by atoms with van der Waals surface area (Å²) in [7, 11) is 2.00. The van der Waals surface area contributed by atoms with E-state index in [9.17, 15) is 0 Å². The Labute approximate surface area is 121 Å². The smallest absolute Gasteiger partial charge is 0.0841 e. The summed E-state index contributed by atoms with van der Waals surface area (Å²) in [5, 5.41) is 9.28. The second-order valence-electron chi connectivity index (χ2n) is 5.39. The molecule has 0 aliphatic carbocycles. The van der Waals surface area contributed by atoms with E-state index in [0.29, 0.717) is 6.10 Å². The number of unbranched alkanes of at least 4 members (excludes halogenated alkanes) is 1. The van der Waals surface area contributed by atoms with Gasteiger partial charge >= 0.3 is 0 Å². The van der Waals surface area contributed by atoms with Gasteiger partial charge in [0.1, 0.15) is 0 Å². The molecule has 1 heterocycles. The number of nitrogens with one attached hydrogen (secondary N) is 1. The average Bonchev–Trinajstić information content (AvgIpc) is 2.75. The number of rotatable bonds is 8. The van der Waals surface area contributed by atoms with Gasteiger partial charge in [0.25, 0.3) is 0 Å². The van der Waals surface area contributed by atoms with Crippen molar-refractivity contribution in [3.8, 4) is 0 Å². The molecule has 0 aliphatic heterocycles. The van der Waals surface area contributed by atoms with Gasteiger partial charge in [-0.2, -0.15) is 5.10 Å². The predicted octanol–water partition coefficient (Wildman–Crippen LogP) is 2.87. The predicted molar refractivity (Wildman–Crippen MR) is 82.7 cm³/mol. The lowest BCUT2D eigenvalue weighted by atomic mass is 10.2. The summed E-state index contributed by atoms with van der Waals surface area (Å²) in [6.45, 7) is 6.83. The molecule has 20 heavy (non-hydrogen) atoms. The van der Waals surface area contributed by atoms with Gasteiger partial charge in [-0.05, 0) is 39.3 Å². The largest absolute Gasteiger partial charge is 0.379 e. The first-order chi connectivity index (χ1) is 9.68. The molecular formula is C16H25N3O. The fourth-order valence-electron chi connectivity index (χ4n) is 2.30. The van der Waals surface area contributed by atoms with Gasteiger partial charge in [0.15, 0.2) is 0 Å². The van der Waals surface area contributed by atoms with Crippen molar-refractivity contribution in [2.75, 3.05) is 13.2 Å². The van der Waals surface area contributed by atoms with Crippen molar-refractivity contribution in [1.82, 2.24) is 15.1 Å². The van der Waals surface area contributed by atoms with Crippen molar-refractivity contribution in [1.29, 1.82) is 0 Å². The Bertz CT molecular complexity index is 534. The van der Waals surface area contributed by atoms with Gasteiger partial charge in [0, 0.05) is 25.6 Å². The van der Waals surface area contributed by atoms with Gasteiger partial charge in [-0.25, -0.2) is 0 Å². The van der Waals surface area contributed by atoms with Crippen molar-refractivity contribution < 1.29 is 4.74 Å². The van der Waals surface area contributed by atoms with E-state index in [1.807, 2.05) is 11.7 Å². The Balaban J connectivity index is 1.74. The number of ether oxygens (including phenoxy) is 1. The minimum absolute atomic E-state index is 0.336. The maximum absolute atomic E-state index is 5.52. The SMILES string of the molecule is CC(C)OCCCCNCc1nn(C)c2ccccc12. The monoisotopic (exact) mass is 275 g/mol. The first-order valence-electron chi connectivity index (χ1n) is 7.41. The summed E-state index contributed by atoms with van der Waals surface area (Å²) in [5.74, 6) is 0. The second-order valence-corrected chi connectivity index (χ2v) is 5.39. The van der Waals surface area contributed by atoms with Crippen LogP contribution in [0.2, 0.25) is 0 Å². The number of fused-ring (bicyclic) bond motifs is 1. The quantitative estimate of drug-likeness (QED) is 0.753. The third kappa shape index (κ3) is 4.05. The zero-order valence-corrected chi connectivity index (χ0v) is 12.7. The van der Waals surface area contributed by atoms with Crippen molar-refractivity contribution >= 4 is 10.9 Å². The van der Waals surface area contributed by atoms with Crippen LogP contribution in [0, 0.1) is 0 Å². The molecule has 4 heteroatoms. The lowest BCUT2D eigenvalue weighted by molar-refractivity contribution is 0.0760. The minimum atomic E-state index is 0.336. The zero-order chi connectivity index (χ0) is 14.4. The summed E-state index contributed by atoms with van der Waals surface area (Å²) in [5.41, 5.74) is 2.32. The highest BCUT2D eigenvalue weighted by Crippen LogP contribution is 2.16. The molecule has 0 unspecified atom stereocenters. The highest BCUT2D eigenvalue weighted by molar-refractivity contribution is 5.81. The summed E-state index contributed by atoms with van der Waals surface area (Å²) < 4.78 is 7.47. The van der Waals surface area contributed by atoms with E-state index in [2.05, 4.69) is 48.5 Å². The molecule has 0 atom stereocenters. The first kappa shape index (κ1) is 15.0. The molecule has 4 nitrogen and oxygen atoms in total. The maximum Gasteiger partial charge on any atom is 0.0841 e. The molecule has 0 amide bonds. The van der Waals surface area contributed by atoms with Crippen molar-refractivity contribution in [2.24, 2.45) is 7.05 Å². The third-order valence-corrected chi connectivity index (χ3v) is 3.33. The van der Waals surface area contributed by atoms with Crippen LogP contribution in [-0.2, 0) is 18.3 Å². The van der Waals surface area contributed by atoms with Crippen molar-refractivity contribution in [3.05, 3.63) is 30.0 Å². The van der Waals surface area contributed by atoms with Crippen LogP contribution < -0.4 is 5.32 Å². The van der Waals surface area contributed by atoms with Crippen LogP contribution >= 0.6 is 0 Å². The van der Waals surface area contributed by atoms with Gasteiger partial charge in [-0.15, -0.1) is 0 Å². The summed E-state index contributed by atoms with van der Waals surface area (Å²) in [4.78, 5) is 0. The molecular weight excluding hydrogens is 250 g/mol. The minimum Gasteiger partial charge on any atom is -0.379 e. The Morgan fingerprint density at radius 1 is 1.25 bits per heavy atom. The van der Waals surface area contributed by atoms with Crippen LogP contribution in [0.5, 0.6) is 0 Å². The van der Waals surface area contributed by atoms with Gasteiger partial charge in [0.05, 0.1) is 17.3 Å². The Morgan fingerprint density at radius 2 is 2.05 bits per heavy atom. The van der Waals surface area contributed by atoms with Crippen LogP contribution in [0.25, 0.3) is 10.9 Å². The molecule has 2 rings (SSSR count). The molecule has 0 radical (unpaired) electrons. The van der Waals surface area contributed by atoms with E-state index in [-0.39, 0.29) is 0 Å². The van der Waals surface area contributed by atoms with Crippen molar-refractivity contribution in [2.45, 2.75) is 39.3 Å². The van der Waals surface area contributed by atoms with E-state index >= 15 is 0 Å². The molecule has 0 saturated heterocycles. The van der Waals surface area contributed by atoms with E-state index in [1.165, 1.54) is 10.9 Å². The molecule has 1 N–H and O–H groups in total. The van der Waals surface area contributed by atoms with Crippen LogP contribution in [0.3, 0.4) is 0 Å². The van der Waals surface area contributed by atoms with Gasteiger partial charge in [0.2, 0.25) is 0 Å². The fraction of sp³-hybridized carbons (Fsp3) is 0.562. The molecule has 110 valence electrons. The lowest BCUT2D eigenvalue weighted by Gasteiger charge is -2.07. The summed E-state index contributed by atoms with van der Waals surface area (Å²) >= 11 is 0. The zero-order valence-electron chi connectivity index (χ0n) is 12.7. The molecule has 1 aromatic heterocycles. The maximum atomic E-state index is 5.52. The summed E-state index contributed by atoms with van der Waals surface area (Å²) in [6.07, 6.45) is 2.58. The van der Waals surface area contributed by atoms with Gasteiger partial charge < -0.3 is 10.1 Å². The topological polar surface area (TPSA) is 39.1 Å². The normalized spacial score (nSPS) is 11.6. The number of hydrogen-bond donors (Lipinski definition) is 1. The number of hydrogen-bond acceptors (Lipinski definition) is 3. The van der Waals surface area contributed by atoms with E-state index < -0.39 is 0 Å². The lowest BCUT2D eigenvalue weighted by Crippen LogP contribution is -2.16. The number of nitrogens with zero attached hydrogens (tertiary/aromatic N) is 2. The molecule has 0 bridgehead atoms. The molecule has 0 aliphatic rings. The van der Waals surface area contributed by atoms with Crippen LogP contribution in [-0.4, -0.2) is 29.0 Å². The van der Waals surface area contributed by atoms with E-state index in [1.54, 1.807) is 0 Å². The second kappa shape index (κ2) is 7.41. The Hall–Kier alpha value is -1.39. The molecule has 2 aromatic rings. The van der Waals surface area contributed by atoms with Crippen LogP contribution in [0.1, 0.15) is 32.4 Å². The highest BCUT2D eigenvalue weighted by Gasteiger charge is 2.06. The molecule has 1 aromatic carbocycles. The van der Waals surface area contributed by atoms with Crippen LogP contribution in [0.15, 0.2) is 24.3 Å². The standard InChI is InChI=1S/C16H25N3O/c1-13(2)20-11-7-6-10-17-12-15-14-8-4-5-9-16(14)19(3)18-15/h4-5,8-9,13,17H,6-7,10-12H2,1-3H3. The molecule has 0 saturated carbocycles. The van der Waals surface area contributed by atoms with Crippen LogP contribution in [0.4, 0.5) is 0 Å². The average molecular weight is 275 g/mol. The number of benzene rings is 1. The molecule has 0 spiro atoms. The third-order valence-electron chi connectivity index (χ3n) is 3.33. The molecule has 0 fully saturated rings. The highest BCUT2D eigenvalue weighted by atomic mass is 16.5. The first-order valence-corrected chi connectivity index (χ1v) is 7.41. The summed E-state index contributed by atoms with van der Waals surface area (Å²) in [6, 6.07) is 8.36. The fourth-order valence-corrected chi connectivity index (χ4v) is 2.30. The Kier molecular flexibility index (Phi) is 5.56. The Morgan fingerprint density at radius 3 is 2.85 bits per heavy atom. The number of aryl methyl sites for hydroxylation is 1.